The predicted molar refractivity (Wildman–Crippen MR) is 86.8 cm³/mol. The van der Waals surface area contributed by atoms with Crippen molar-refractivity contribution in [3.63, 3.8) is 0 Å². The minimum absolute atomic E-state index is 0.144. The first-order valence-corrected chi connectivity index (χ1v) is 7.52. The summed E-state index contributed by atoms with van der Waals surface area (Å²) in [4.78, 5) is 23.6. The Morgan fingerprint density at radius 1 is 1.04 bits per heavy atom. The van der Waals surface area contributed by atoms with Crippen molar-refractivity contribution in [1.29, 1.82) is 0 Å². The highest BCUT2D eigenvalue weighted by molar-refractivity contribution is 6.34. The average Bonchev–Trinajstić information content (AvgIpc) is 2.54. The van der Waals surface area contributed by atoms with E-state index in [4.69, 9.17) is 27.9 Å². The highest BCUT2D eigenvalue weighted by atomic mass is 35.5. The molecule has 0 fully saturated rings. The fraction of sp³-hybridized carbons (Fsp3) is 0.125. The number of halogens is 5. The zero-order valence-electron chi connectivity index (χ0n) is 12.4. The number of alkyl halides is 3. The summed E-state index contributed by atoms with van der Waals surface area (Å²) in [5.74, 6) is -1.78. The van der Waals surface area contributed by atoms with E-state index in [0.717, 1.165) is 12.1 Å². The van der Waals surface area contributed by atoms with Gasteiger partial charge >= 0.3 is 12.1 Å². The molecule has 132 valence electrons. The van der Waals surface area contributed by atoms with Crippen molar-refractivity contribution in [3.8, 4) is 0 Å². The first kappa shape index (κ1) is 19.1. The number of anilines is 1. The SMILES string of the molecule is O=C(COC(=O)c1ccc(Cl)cc1)Nc1c(Cl)cccc1C(F)(F)F. The number of amides is 1. The number of para-hydroxylation sites is 1. The van der Waals surface area contributed by atoms with Crippen LogP contribution in [0.25, 0.3) is 0 Å². The van der Waals surface area contributed by atoms with Crippen LogP contribution in [0.1, 0.15) is 15.9 Å². The van der Waals surface area contributed by atoms with Gasteiger partial charge in [-0.1, -0.05) is 29.3 Å². The van der Waals surface area contributed by atoms with Crippen LogP contribution in [0, 0.1) is 0 Å². The van der Waals surface area contributed by atoms with Gasteiger partial charge in [0.05, 0.1) is 21.8 Å². The van der Waals surface area contributed by atoms with Crippen LogP contribution in [-0.4, -0.2) is 18.5 Å². The zero-order valence-corrected chi connectivity index (χ0v) is 13.9. The van der Waals surface area contributed by atoms with Crippen LogP contribution < -0.4 is 5.32 Å². The lowest BCUT2D eigenvalue weighted by molar-refractivity contribution is -0.137. The molecule has 0 aliphatic carbocycles. The van der Waals surface area contributed by atoms with Crippen molar-refractivity contribution in [1.82, 2.24) is 0 Å². The molecule has 25 heavy (non-hydrogen) atoms. The quantitative estimate of drug-likeness (QED) is 0.761. The maximum absolute atomic E-state index is 12.9. The number of benzene rings is 2. The first-order chi connectivity index (χ1) is 11.7. The molecule has 0 atom stereocenters. The Morgan fingerprint density at radius 2 is 1.68 bits per heavy atom. The van der Waals surface area contributed by atoms with Gasteiger partial charge in [-0.15, -0.1) is 0 Å². The van der Waals surface area contributed by atoms with Crippen LogP contribution in [0.5, 0.6) is 0 Å². The Morgan fingerprint density at radius 3 is 2.28 bits per heavy atom. The Kier molecular flexibility index (Phi) is 5.92. The summed E-state index contributed by atoms with van der Waals surface area (Å²) in [5.41, 5.74) is -1.55. The Labute approximate surface area is 150 Å². The molecule has 0 bridgehead atoms. The van der Waals surface area contributed by atoms with Gasteiger partial charge in [0, 0.05) is 5.02 Å². The third-order valence-electron chi connectivity index (χ3n) is 3.00. The van der Waals surface area contributed by atoms with Crippen molar-refractivity contribution in [2.24, 2.45) is 0 Å². The van der Waals surface area contributed by atoms with Gasteiger partial charge in [0.15, 0.2) is 6.61 Å². The highest BCUT2D eigenvalue weighted by Gasteiger charge is 2.34. The summed E-state index contributed by atoms with van der Waals surface area (Å²) in [6.07, 6.45) is -4.70. The number of nitrogens with one attached hydrogen (secondary N) is 1. The first-order valence-electron chi connectivity index (χ1n) is 6.76. The summed E-state index contributed by atoms with van der Waals surface area (Å²) in [6.45, 7) is -0.774. The van der Waals surface area contributed by atoms with Crippen LogP contribution in [0.15, 0.2) is 42.5 Å². The number of ether oxygens (including phenoxy) is 1. The van der Waals surface area contributed by atoms with E-state index >= 15 is 0 Å². The smallest absolute Gasteiger partial charge is 0.418 e. The van der Waals surface area contributed by atoms with Crippen LogP contribution in [-0.2, 0) is 15.7 Å². The summed E-state index contributed by atoms with van der Waals surface area (Å²) < 4.78 is 43.6. The van der Waals surface area contributed by atoms with E-state index in [2.05, 4.69) is 0 Å². The van der Waals surface area contributed by atoms with Gasteiger partial charge in [-0.25, -0.2) is 4.79 Å². The van der Waals surface area contributed by atoms with Crippen molar-refractivity contribution in [3.05, 3.63) is 63.6 Å². The average molecular weight is 392 g/mol. The topological polar surface area (TPSA) is 55.4 Å². The number of rotatable bonds is 4. The summed E-state index contributed by atoms with van der Waals surface area (Å²) in [6, 6.07) is 8.78. The van der Waals surface area contributed by atoms with E-state index in [-0.39, 0.29) is 10.6 Å². The molecule has 0 aliphatic rings. The lowest BCUT2D eigenvalue weighted by Gasteiger charge is -2.15. The van der Waals surface area contributed by atoms with Gasteiger partial charge in [-0.3, -0.25) is 4.79 Å². The molecule has 2 rings (SSSR count). The van der Waals surface area contributed by atoms with E-state index in [9.17, 15) is 22.8 Å². The molecule has 0 aromatic heterocycles. The molecule has 0 unspecified atom stereocenters. The number of carbonyl (C=O) groups excluding carboxylic acids is 2. The van der Waals surface area contributed by atoms with E-state index in [1.807, 2.05) is 5.32 Å². The number of hydrogen-bond donors (Lipinski definition) is 1. The maximum Gasteiger partial charge on any atom is 0.418 e. The third kappa shape index (κ3) is 5.11. The number of esters is 1. The van der Waals surface area contributed by atoms with Crippen molar-refractivity contribution < 1.29 is 27.5 Å². The van der Waals surface area contributed by atoms with E-state index < -0.39 is 35.9 Å². The monoisotopic (exact) mass is 391 g/mol. The summed E-state index contributed by atoms with van der Waals surface area (Å²) in [7, 11) is 0. The van der Waals surface area contributed by atoms with Gasteiger partial charge < -0.3 is 10.1 Å². The van der Waals surface area contributed by atoms with Gasteiger partial charge in [-0.2, -0.15) is 13.2 Å². The second kappa shape index (κ2) is 7.76. The van der Waals surface area contributed by atoms with Gasteiger partial charge in [0.2, 0.25) is 0 Å². The van der Waals surface area contributed by atoms with Gasteiger partial charge in [0.1, 0.15) is 0 Å². The zero-order chi connectivity index (χ0) is 18.6. The van der Waals surface area contributed by atoms with Crippen molar-refractivity contribution >= 4 is 40.8 Å². The summed E-state index contributed by atoms with van der Waals surface area (Å²) >= 11 is 11.4. The van der Waals surface area contributed by atoms with E-state index in [0.29, 0.717) is 5.02 Å². The predicted octanol–water partition coefficient (Wildman–Crippen LogP) is 4.81. The molecular formula is C16H10Cl2F3NO3. The second-order valence-electron chi connectivity index (χ2n) is 4.79. The fourth-order valence-electron chi connectivity index (χ4n) is 1.86. The number of hydrogen-bond acceptors (Lipinski definition) is 3. The normalized spacial score (nSPS) is 11.1. The highest BCUT2D eigenvalue weighted by Crippen LogP contribution is 2.38. The minimum Gasteiger partial charge on any atom is -0.452 e. The molecular weight excluding hydrogens is 382 g/mol. The Bertz CT molecular complexity index is 792. The van der Waals surface area contributed by atoms with Gasteiger partial charge in [-0.05, 0) is 36.4 Å². The lowest BCUT2D eigenvalue weighted by atomic mass is 10.1. The van der Waals surface area contributed by atoms with E-state index in [1.165, 1.54) is 30.3 Å². The molecule has 1 amide bonds. The molecule has 9 heteroatoms. The molecule has 0 saturated carbocycles. The van der Waals surface area contributed by atoms with Crippen molar-refractivity contribution in [2.75, 3.05) is 11.9 Å². The van der Waals surface area contributed by atoms with Gasteiger partial charge in [0.25, 0.3) is 5.91 Å². The molecule has 4 nitrogen and oxygen atoms in total. The maximum atomic E-state index is 12.9. The largest absolute Gasteiger partial charge is 0.452 e. The molecule has 2 aromatic rings. The molecule has 0 radical (unpaired) electrons. The van der Waals surface area contributed by atoms with Crippen LogP contribution in [0.4, 0.5) is 18.9 Å². The standard InChI is InChI=1S/C16H10Cl2F3NO3/c17-10-6-4-9(5-7-10)15(24)25-8-13(23)22-14-11(16(19,20)21)2-1-3-12(14)18/h1-7H,8H2,(H,22,23). The van der Waals surface area contributed by atoms with Crippen LogP contribution >= 0.6 is 23.2 Å². The van der Waals surface area contributed by atoms with Crippen LogP contribution in [0.2, 0.25) is 10.0 Å². The Hall–Kier alpha value is -2.25. The molecule has 1 N–H and O–H groups in total. The summed E-state index contributed by atoms with van der Waals surface area (Å²) in [5, 5.41) is 2.14. The Balaban J connectivity index is 2.04. The molecule has 2 aromatic carbocycles. The fourth-order valence-corrected chi connectivity index (χ4v) is 2.21. The molecule has 0 heterocycles. The molecule has 0 aliphatic heterocycles. The number of carbonyl (C=O) groups is 2. The van der Waals surface area contributed by atoms with Crippen molar-refractivity contribution in [2.45, 2.75) is 6.18 Å². The lowest BCUT2D eigenvalue weighted by Crippen LogP contribution is -2.23. The second-order valence-corrected chi connectivity index (χ2v) is 5.63. The third-order valence-corrected chi connectivity index (χ3v) is 3.56. The van der Waals surface area contributed by atoms with E-state index in [1.54, 1.807) is 0 Å². The molecule has 0 spiro atoms. The minimum atomic E-state index is -4.70. The molecule has 0 saturated heterocycles. The van der Waals surface area contributed by atoms with Crippen LogP contribution in [0.3, 0.4) is 0 Å².